The van der Waals surface area contributed by atoms with Crippen molar-refractivity contribution < 1.29 is 4.74 Å². The summed E-state index contributed by atoms with van der Waals surface area (Å²) in [6.45, 7) is 4.00. The molecule has 1 unspecified atom stereocenters. The number of hydrogen-bond acceptors (Lipinski definition) is 3. The van der Waals surface area contributed by atoms with Crippen LogP contribution in [0, 0.1) is 0 Å². The summed E-state index contributed by atoms with van der Waals surface area (Å²) in [5, 5.41) is 9.19. The zero-order valence-electron chi connectivity index (χ0n) is 9.65. The van der Waals surface area contributed by atoms with Gasteiger partial charge in [-0.1, -0.05) is 15.9 Å². The summed E-state index contributed by atoms with van der Waals surface area (Å²) in [7, 11) is 0. The van der Waals surface area contributed by atoms with Crippen LogP contribution in [0.15, 0.2) is 0 Å². The molecule has 1 aromatic rings. The van der Waals surface area contributed by atoms with E-state index in [-0.39, 0.29) is 0 Å². The summed E-state index contributed by atoms with van der Waals surface area (Å²) in [5.74, 6) is 2.11. The van der Waals surface area contributed by atoms with Gasteiger partial charge in [0, 0.05) is 19.6 Å². The maximum atomic E-state index is 5.61. The topological polar surface area (TPSA) is 39.9 Å². The van der Waals surface area contributed by atoms with Gasteiger partial charge in [-0.2, -0.15) is 0 Å². The van der Waals surface area contributed by atoms with Crippen LogP contribution < -0.4 is 0 Å². The van der Waals surface area contributed by atoms with Crippen molar-refractivity contribution >= 4 is 15.9 Å². The molecule has 0 radical (unpaired) electrons. The molecule has 0 saturated carbocycles. The van der Waals surface area contributed by atoms with E-state index in [4.69, 9.17) is 4.74 Å². The second-order valence-corrected chi connectivity index (χ2v) is 4.64. The summed E-state index contributed by atoms with van der Waals surface area (Å²) in [6, 6.07) is 0. The average Bonchev–Trinajstić information content (AvgIpc) is 2.94. The molecule has 1 fully saturated rings. The number of aryl methyl sites for hydroxylation is 1. The van der Waals surface area contributed by atoms with Crippen molar-refractivity contribution in [2.75, 3.05) is 6.61 Å². The van der Waals surface area contributed by atoms with Crippen LogP contribution in [-0.4, -0.2) is 27.5 Å². The molecule has 0 N–H and O–H groups in total. The van der Waals surface area contributed by atoms with Gasteiger partial charge in [-0.15, -0.1) is 10.2 Å². The van der Waals surface area contributed by atoms with Crippen LogP contribution in [0.1, 0.15) is 37.8 Å². The van der Waals surface area contributed by atoms with Gasteiger partial charge in [-0.3, -0.25) is 0 Å². The number of halogens is 1. The fourth-order valence-electron chi connectivity index (χ4n) is 2.18. The van der Waals surface area contributed by atoms with Crippen molar-refractivity contribution in [3.63, 3.8) is 0 Å². The number of rotatable bonds is 5. The van der Waals surface area contributed by atoms with Crippen molar-refractivity contribution in [2.24, 2.45) is 0 Å². The molecule has 1 atom stereocenters. The lowest BCUT2D eigenvalue weighted by atomic mass is 10.1. The predicted octanol–water partition coefficient (Wildman–Crippen LogP) is 2.30. The first kappa shape index (κ1) is 12.0. The third-order valence-electron chi connectivity index (χ3n) is 3.05. The van der Waals surface area contributed by atoms with Gasteiger partial charge in [0.25, 0.3) is 0 Å². The highest BCUT2D eigenvalue weighted by Gasteiger charge is 2.17. The van der Waals surface area contributed by atoms with Crippen LogP contribution >= 0.6 is 15.9 Å². The van der Waals surface area contributed by atoms with Gasteiger partial charge >= 0.3 is 0 Å². The molecular weight excluding hydrogens is 270 g/mol. The maximum absolute atomic E-state index is 5.61. The Morgan fingerprint density at radius 2 is 2.25 bits per heavy atom. The Labute approximate surface area is 105 Å². The van der Waals surface area contributed by atoms with Gasteiger partial charge in [-0.05, 0) is 26.2 Å². The van der Waals surface area contributed by atoms with E-state index < -0.39 is 0 Å². The van der Waals surface area contributed by atoms with Crippen LogP contribution in [0.4, 0.5) is 0 Å². The van der Waals surface area contributed by atoms with E-state index in [2.05, 4.69) is 37.6 Å². The van der Waals surface area contributed by atoms with Gasteiger partial charge < -0.3 is 9.30 Å². The van der Waals surface area contributed by atoms with E-state index in [0.717, 1.165) is 43.0 Å². The van der Waals surface area contributed by atoms with Gasteiger partial charge in [0.05, 0.1) is 11.4 Å². The molecular formula is C11H18BrN3O. The Kier molecular flexibility index (Phi) is 4.35. The number of nitrogens with zero attached hydrogens (tertiary/aromatic N) is 3. The molecule has 1 aromatic heterocycles. The highest BCUT2D eigenvalue weighted by atomic mass is 79.9. The Balaban J connectivity index is 1.94. The van der Waals surface area contributed by atoms with Gasteiger partial charge in [0.1, 0.15) is 11.6 Å². The Morgan fingerprint density at radius 3 is 2.88 bits per heavy atom. The molecule has 1 aliphatic rings. The SMILES string of the molecule is CCn1c(CBr)nnc1CCC1CCCO1. The first-order valence-electron chi connectivity index (χ1n) is 5.93. The summed E-state index contributed by atoms with van der Waals surface area (Å²) >= 11 is 3.43. The summed E-state index contributed by atoms with van der Waals surface area (Å²) in [5.41, 5.74) is 0. The van der Waals surface area contributed by atoms with Crippen molar-refractivity contribution in [2.45, 2.75) is 50.6 Å². The second-order valence-electron chi connectivity index (χ2n) is 4.08. The van der Waals surface area contributed by atoms with E-state index in [9.17, 15) is 0 Å². The van der Waals surface area contributed by atoms with Crippen molar-refractivity contribution in [3.05, 3.63) is 11.6 Å². The molecule has 2 rings (SSSR count). The zero-order chi connectivity index (χ0) is 11.4. The maximum Gasteiger partial charge on any atom is 0.143 e. The second kappa shape index (κ2) is 5.77. The zero-order valence-corrected chi connectivity index (χ0v) is 11.2. The van der Waals surface area contributed by atoms with E-state index in [1.54, 1.807) is 0 Å². The van der Waals surface area contributed by atoms with Crippen LogP contribution in [0.3, 0.4) is 0 Å². The number of aromatic nitrogens is 3. The summed E-state index contributed by atoms with van der Waals surface area (Å²) in [4.78, 5) is 0. The fraction of sp³-hybridized carbons (Fsp3) is 0.818. The van der Waals surface area contributed by atoms with Gasteiger partial charge in [0.2, 0.25) is 0 Å². The normalized spacial score (nSPS) is 20.5. The van der Waals surface area contributed by atoms with Gasteiger partial charge in [-0.25, -0.2) is 0 Å². The Morgan fingerprint density at radius 1 is 1.44 bits per heavy atom. The number of ether oxygens (including phenoxy) is 1. The third-order valence-corrected chi connectivity index (χ3v) is 3.56. The molecule has 0 amide bonds. The van der Waals surface area contributed by atoms with E-state index >= 15 is 0 Å². The lowest BCUT2D eigenvalue weighted by Gasteiger charge is -2.09. The molecule has 0 spiro atoms. The first-order valence-corrected chi connectivity index (χ1v) is 7.05. The van der Waals surface area contributed by atoms with Gasteiger partial charge in [0.15, 0.2) is 0 Å². The smallest absolute Gasteiger partial charge is 0.143 e. The monoisotopic (exact) mass is 287 g/mol. The Hall–Kier alpha value is -0.420. The molecule has 1 saturated heterocycles. The van der Waals surface area contributed by atoms with E-state index in [1.807, 2.05) is 0 Å². The van der Waals surface area contributed by atoms with Crippen LogP contribution in [0.25, 0.3) is 0 Å². The minimum Gasteiger partial charge on any atom is -0.378 e. The molecule has 16 heavy (non-hydrogen) atoms. The van der Waals surface area contributed by atoms with Crippen molar-refractivity contribution in [1.29, 1.82) is 0 Å². The lowest BCUT2D eigenvalue weighted by molar-refractivity contribution is 0.104. The minimum atomic E-state index is 0.439. The fourth-order valence-corrected chi connectivity index (χ4v) is 2.60. The van der Waals surface area contributed by atoms with Crippen LogP contribution in [-0.2, 0) is 23.0 Å². The number of hydrogen-bond donors (Lipinski definition) is 0. The van der Waals surface area contributed by atoms with Crippen molar-refractivity contribution in [3.8, 4) is 0 Å². The molecule has 0 bridgehead atoms. The average molecular weight is 288 g/mol. The molecule has 0 aliphatic carbocycles. The number of alkyl halides is 1. The molecule has 90 valence electrons. The van der Waals surface area contributed by atoms with E-state index in [1.165, 1.54) is 12.8 Å². The largest absolute Gasteiger partial charge is 0.378 e. The van der Waals surface area contributed by atoms with Crippen LogP contribution in [0.5, 0.6) is 0 Å². The molecule has 2 heterocycles. The lowest BCUT2D eigenvalue weighted by Crippen LogP contribution is -2.10. The molecule has 4 nitrogen and oxygen atoms in total. The minimum absolute atomic E-state index is 0.439. The quantitative estimate of drug-likeness (QED) is 0.781. The highest BCUT2D eigenvalue weighted by molar-refractivity contribution is 9.08. The highest BCUT2D eigenvalue weighted by Crippen LogP contribution is 2.17. The Bertz CT molecular complexity index is 334. The molecule has 0 aromatic carbocycles. The van der Waals surface area contributed by atoms with Crippen LogP contribution in [0.2, 0.25) is 0 Å². The van der Waals surface area contributed by atoms with E-state index in [0.29, 0.717) is 6.10 Å². The standard InChI is InChI=1S/C11H18BrN3O/c1-2-15-10(13-14-11(15)8-12)6-5-9-4-3-7-16-9/h9H,2-8H2,1H3. The third kappa shape index (κ3) is 2.63. The summed E-state index contributed by atoms with van der Waals surface area (Å²) < 4.78 is 7.80. The first-order chi connectivity index (χ1) is 7.85. The summed E-state index contributed by atoms with van der Waals surface area (Å²) in [6.07, 6.45) is 4.89. The molecule has 5 heteroatoms. The van der Waals surface area contributed by atoms with Crippen molar-refractivity contribution in [1.82, 2.24) is 14.8 Å². The predicted molar refractivity (Wildman–Crippen MR) is 65.6 cm³/mol. The molecule has 1 aliphatic heterocycles.